The lowest BCUT2D eigenvalue weighted by molar-refractivity contribution is -0.122. The molecular weight excluding hydrogens is 552 g/mol. The van der Waals surface area contributed by atoms with Crippen molar-refractivity contribution in [3.05, 3.63) is 130 Å². The molecule has 42 heavy (non-hydrogen) atoms. The molecule has 1 heterocycles. The highest BCUT2D eigenvalue weighted by Crippen LogP contribution is 2.32. The predicted octanol–water partition coefficient (Wildman–Crippen LogP) is 6.79. The highest BCUT2D eigenvalue weighted by molar-refractivity contribution is 6.39. The molecule has 8 heteroatoms. The third-order valence-electron chi connectivity index (χ3n) is 7.07. The van der Waals surface area contributed by atoms with Crippen molar-refractivity contribution in [3.8, 4) is 11.5 Å². The second kappa shape index (κ2) is 12.3. The van der Waals surface area contributed by atoms with Crippen molar-refractivity contribution in [2.45, 2.75) is 19.3 Å². The SMILES string of the molecule is CC(C)(c1ccccc1)c1ccc(OCCOc2ccc(/C=C3/C(=O)NC(=O)N(c4ccc(Cl)cc4)C3=O)cc2)cc1. The van der Waals surface area contributed by atoms with Crippen LogP contribution in [0.1, 0.15) is 30.5 Å². The van der Waals surface area contributed by atoms with Gasteiger partial charge in [0.05, 0.1) is 5.69 Å². The molecule has 0 radical (unpaired) electrons. The quantitative estimate of drug-likeness (QED) is 0.134. The van der Waals surface area contributed by atoms with Crippen molar-refractivity contribution >= 4 is 41.2 Å². The van der Waals surface area contributed by atoms with E-state index in [-0.39, 0.29) is 11.0 Å². The zero-order valence-electron chi connectivity index (χ0n) is 23.2. The topological polar surface area (TPSA) is 84.9 Å². The summed E-state index contributed by atoms with van der Waals surface area (Å²) in [5.74, 6) is -0.114. The molecule has 0 aromatic heterocycles. The minimum Gasteiger partial charge on any atom is -0.490 e. The Morgan fingerprint density at radius 1 is 0.738 bits per heavy atom. The molecule has 1 aliphatic rings. The fourth-order valence-corrected chi connectivity index (χ4v) is 4.74. The third-order valence-corrected chi connectivity index (χ3v) is 7.32. The number of benzene rings is 4. The normalized spacial score (nSPS) is 14.6. The summed E-state index contributed by atoms with van der Waals surface area (Å²) in [6, 6.07) is 30.8. The van der Waals surface area contributed by atoms with Gasteiger partial charge in [-0.3, -0.25) is 14.9 Å². The fraction of sp³-hybridized carbons (Fsp3) is 0.147. The molecule has 0 atom stereocenters. The van der Waals surface area contributed by atoms with Gasteiger partial charge in [-0.15, -0.1) is 0 Å². The van der Waals surface area contributed by atoms with Crippen LogP contribution >= 0.6 is 11.6 Å². The Balaban J connectivity index is 1.15. The van der Waals surface area contributed by atoms with E-state index in [0.717, 1.165) is 10.6 Å². The molecule has 0 aliphatic carbocycles. The number of barbiturate groups is 1. The Morgan fingerprint density at radius 3 is 1.88 bits per heavy atom. The number of nitrogens with zero attached hydrogens (tertiary/aromatic N) is 1. The van der Waals surface area contributed by atoms with E-state index in [9.17, 15) is 14.4 Å². The monoisotopic (exact) mass is 580 g/mol. The van der Waals surface area contributed by atoms with Gasteiger partial charge in [0.25, 0.3) is 11.8 Å². The van der Waals surface area contributed by atoms with Crippen LogP contribution in [-0.2, 0) is 15.0 Å². The van der Waals surface area contributed by atoms with Crippen molar-refractivity contribution in [1.82, 2.24) is 5.32 Å². The number of nitrogens with one attached hydrogen (secondary N) is 1. The maximum absolute atomic E-state index is 13.0. The molecular formula is C34H29ClN2O5. The maximum atomic E-state index is 13.0. The molecule has 7 nitrogen and oxygen atoms in total. The Kier molecular flexibility index (Phi) is 8.41. The molecule has 0 bridgehead atoms. The molecule has 1 N–H and O–H groups in total. The van der Waals surface area contributed by atoms with Gasteiger partial charge in [0.2, 0.25) is 0 Å². The first-order valence-electron chi connectivity index (χ1n) is 13.4. The molecule has 0 spiro atoms. The highest BCUT2D eigenvalue weighted by atomic mass is 35.5. The second-order valence-electron chi connectivity index (χ2n) is 10.2. The van der Waals surface area contributed by atoms with E-state index in [2.05, 4.69) is 55.6 Å². The zero-order valence-corrected chi connectivity index (χ0v) is 23.9. The van der Waals surface area contributed by atoms with E-state index in [1.807, 2.05) is 18.2 Å². The molecule has 1 aliphatic heterocycles. The number of anilines is 1. The third kappa shape index (κ3) is 6.37. The molecule has 212 valence electrons. The van der Waals surface area contributed by atoms with Crippen LogP contribution in [0, 0.1) is 0 Å². The van der Waals surface area contributed by atoms with E-state index in [1.54, 1.807) is 36.4 Å². The minimum absolute atomic E-state index is 0.118. The molecule has 1 fully saturated rings. The Morgan fingerprint density at radius 2 is 1.29 bits per heavy atom. The molecule has 4 amide bonds. The summed E-state index contributed by atoms with van der Waals surface area (Å²) in [7, 11) is 0. The lowest BCUT2D eigenvalue weighted by atomic mass is 9.78. The number of hydrogen-bond donors (Lipinski definition) is 1. The summed E-state index contributed by atoms with van der Waals surface area (Å²) in [6.07, 6.45) is 1.43. The van der Waals surface area contributed by atoms with Crippen molar-refractivity contribution in [2.24, 2.45) is 0 Å². The first-order chi connectivity index (χ1) is 20.2. The van der Waals surface area contributed by atoms with Gasteiger partial charge < -0.3 is 9.47 Å². The van der Waals surface area contributed by atoms with Gasteiger partial charge in [-0.1, -0.05) is 80.0 Å². The van der Waals surface area contributed by atoms with Gasteiger partial charge in [-0.25, -0.2) is 9.69 Å². The van der Waals surface area contributed by atoms with Gasteiger partial charge in [-0.2, -0.15) is 0 Å². The van der Waals surface area contributed by atoms with Crippen LogP contribution in [0.15, 0.2) is 109 Å². The van der Waals surface area contributed by atoms with Gasteiger partial charge in [0, 0.05) is 10.4 Å². The summed E-state index contributed by atoms with van der Waals surface area (Å²) in [5.41, 5.74) is 3.07. The number of imide groups is 2. The van der Waals surface area contributed by atoms with E-state index in [1.165, 1.54) is 29.3 Å². The molecule has 4 aromatic rings. The smallest absolute Gasteiger partial charge is 0.335 e. The number of carbonyl (C=O) groups excluding carboxylic acids is 3. The molecule has 0 unspecified atom stereocenters. The fourth-order valence-electron chi connectivity index (χ4n) is 4.62. The molecule has 4 aromatic carbocycles. The number of halogens is 1. The number of ether oxygens (including phenoxy) is 2. The predicted molar refractivity (Wildman–Crippen MR) is 163 cm³/mol. The first kappa shape index (κ1) is 28.6. The number of carbonyl (C=O) groups is 3. The number of urea groups is 1. The summed E-state index contributed by atoms with van der Waals surface area (Å²) in [5, 5.41) is 2.67. The van der Waals surface area contributed by atoms with Crippen molar-refractivity contribution in [1.29, 1.82) is 0 Å². The van der Waals surface area contributed by atoms with Crippen molar-refractivity contribution in [2.75, 3.05) is 18.1 Å². The summed E-state index contributed by atoms with van der Waals surface area (Å²) < 4.78 is 11.6. The molecule has 1 saturated heterocycles. The van der Waals surface area contributed by atoms with Crippen LogP contribution in [0.5, 0.6) is 11.5 Å². The number of hydrogen-bond acceptors (Lipinski definition) is 5. The van der Waals surface area contributed by atoms with Crippen LogP contribution in [0.3, 0.4) is 0 Å². The second-order valence-corrected chi connectivity index (χ2v) is 10.7. The largest absolute Gasteiger partial charge is 0.490 e. The van der Waals surface area contributed by atoms with Crippen LogP contribution in [-0.4, -0.2) is 31.1 Å². The van der Waals surface area contributed by atoms with Gasteiger partial charge >= 0.3 is 6.03 Å². The Labute approximate surface area is 249 Å². The Hall–Kier alpha value is -4.88. The lowest BCUT2D eigenvalue weighted by Gasteiger charge is -2.26. The van der Waals surface area contributed by atoms with Crippen LogP contribution in [0.2, 0.25) is 5.02 Å². The average Bonchev–Trinajstić information content (AvgIpc) is 3.00. The summed E-state index contributed by atoms with van der Waals surface area (Å²) in [4.78, 5) is 38.7. The van der Waals surface area contributed by atoms with E-state index >= 15 is 0 Å². The van der Waals surface area contributed by atoms with E-state index in [4.69, 9.17) is 21.1 Å². The minimum atomic E-state index is -0.817. The van der Waals surface area contributed by atoms with Crippen LogP contribution in [0.4, 0.5) is 10.5 Å². The summed E-state index contributed by atoms with van der Waals surface area (Å²) >= 11 is 5.91. The summed E-state index contributed by atoms with van der Waals surface area (Å²) in [6.45, 7) is 5.09. The van der Waals surface area contributed by atoms with Gasteiger partial charge in [0.1, 0.15) is 30.3 Å². The van der Waals surface area contributed by atoms with Gasteiger partial charge in [-0.05, 0) is 71.3 Å². The van der Waals surface area contributed by atoms with Crippen LogP contribution < -0.4 is 19.7 Å². The Bertz CT molecular complexity index is 1610. The molecule has 5 rings (SSSR count). The first-order valence-corrected chi connectivity index (χ1v) is 13.8. The number of amides is 4. The number of rotatable bonds is 9. The average molecular weight is 581 g/mol. The standard InChI is InChI=1S/C34H29ClN2O5/c1-34(2,24-6-4-3-5-7-24)25-10-18-29(19-11-25)42-21-20-41-28-16-8-23(9-17-28)22-30-31(38)36-33(40)37(32(30)39)27-14-12-26(35)13-15-27/h3-19,22H,20-21H2,1-2H3,(H,36,38,40)/b30-22-. The van der Waals surface area contributed by atoms with E-state index in [0.29, 0.717) is 35.2 Å². The van der Waals surface area contributed by atoms with Crippen molar-refractivity contribution < 1.29 is 23.9 Å². The van der Waals surface area contributed by atoms with Gasteiger partial charge in [0.15, 0.2) is 0 Å². The maximum Gasteiger partial charge on any atom is 0.335 e. The highest BCUT2D eigenvalue weighted by Gasteiger charge is 2.36. The zero-order chi connectivity index (χ0) is 29.7. The lowest BCUT2D eigenvalue weighted by Crippen LogP contribution is -2.54. The van der Waals surface area contributed by atoms with Crippen molar-refractivity contribution in [3.63, 3.8) is 0 Å². The molecule has 0 saturated carbocycles. The van der Waals surface area contributed by atoms with Crippen LogP contribution in [0.25, 0.3) is 6.08 Å². The van der Waals surface area contributed by atoms with E-state index < -0.39 is 17.8 Å².